The van der Waals surface area contributed by atoms with Crippen molar-refractivity contribution >= 4 is 29.3 Å². The Balaban J connectivity index is 2.28. The van der Waals surface area contributed by atoms with Gasteiger partial charge in [-0.25, -0.2) is 4.39 Å². The van der Waals surface area contributed by atoms with Gasteiger partial charge in [-0.15, -0.1) is 11.6 Å². The van der Waals surface area contributed by atoms with E-state index < -0.39 is 5.41 Å². The summed E-state index contributed by atoms with van der Waals surface area (Å²) in [5, 5.41) is 0. The lowest BCUT2D eigenvalue weighted by Crippen LogP contribution is -2.42. The van der Waals surface area contributed by atoms with Gasteiger partial charge in [0.2, 0.25) is 5.91 Å². The Bertz CT molecular complexity index is 772. The molecule has 0 saturated heterocycles. The highest BCUT2D eigenvalue weighted by Crippen LogP contribution is 2.26. The standard InChI is InChI=1S/C21H23ClFNO2/c1-21(2,15-22)20(25)24(18-12-10-17(23)11-13-18)14-6-8-16-7-4-5-9-19(16)26-3/h4-13H,14-15H2,1-3H3/b8-6+. The Hall–Kier alpha value is -2.33. The summed E-state index contributed by atoms with van der Waals surface area (Å²) in [6.07, 6.45) is 3.78. The molecule has 5 heteroatoms. The predicted octanol–water partition coefficient (Wildman–Crippen LogP) is 5.15. The zero-order valence-electron chi connectivity index (χ0n) is 15.2. The monoisotopic (exact) mass is 375 g/mol. The van der Waals surface area contributed by atoms with Crippen LogP contribution in [-0.2, 0) is 4.79 Å². The number of hydrogen-bond donors (Lipinski definition) is 0. The fraction of sp³-hybridized carbons (Fsp3) is 0.286. The topological polar surface area (TPSA) is 29.5 Å². The zero-order valence-corrected chi connectivity index (χ0v) is 16.0. The molecule has 0 unspecified atom stereocenters. The molecule has 0 fully saturated rings. The Morgan fingerprint density at radius 2 is 1.85 bits per heavy atom. The van der Waals surface area contributed by atoms with Crippen molar-refractivity contribution in [2.45, 2.75) is 13.8 Å². The summed E-state index contributed by atoms with van der Waals surface area (Å²) in [4.78, 5) is 14.5. The predicted molar refractivity (Wildman–Crippen MR) is 105 cm³/mol. The van der Waals surface area contributed by atoms with Crippen molar-refractivity contribution in [2.75, 3.05) is 24.4 Å². The fourth-order valence-electron chi connectivity index (χ4n) is 2.44. The molecule has 0 aliphatic rings. The van der Waals surface area contributed by atoms with Crippen LogP contribution in [0.4, 0.5) is 10.1 Å². The lowest BCUT2D eigenvalue weighted by atomic mass is 9.94. The van der Waals surface area contributed by atoms with Crippen LogP contribution in [-0.4, -0.2) is 25.4 Å². The first-order valence-electron chi connectivity index (χ1n) is 8.32. The maximum atomic E-state index is 13.3. The Morgan fingerprint density at radius 3 is 2.46 bits per heavy atom. The van der Waals surface area contributed by atoms with Gasteiger partial charge in [-0.05, 0) is 44.2 Å². The number of nitrogens with zero attached hydrogens (tertiary/aromatic N) is 1. The van der Waals surface area contributed by atoms with Crippen LogP contribution in [0.5, 0.6) is 5.75 Å². The number of benzene rings is 2. The molecule has 0 heterocycles. The largest absolute Gasteiger partial charge is 0.496 e. The number of carbonyl (C=O) groups excluding carboxylic acids is 1. The van der Waals surface area contributed by atoms with Gasteiger partial charge in [0, 0.05) is 23.7 Å². The van der Waals surface area contributed by atoms with Gasteiger partial charge in [-0.1, -0.05) is 30.4 Å². The number of anilines is 1. The molecule has 0 spiro atoms. The van der Waals surface area contributed by atoms with Crippen LogP contribution in [0.3, 0.4) is 0 Å². The number of amides is 1. The molecule has 0 N–H and O–H groups in total. The normalized spacial score (nSPS) is 11.6. The van der Waals surface area contributed by atoms with E-state index in [1.165, 1.54) is 12.1 Å². The highest BCUT2D eigenvalue weighted by molar-refractivity contribution is 6.20. The Morgan fingerprint density at radius 1 is 1.19 bits per heavy atom. The van der Waals surface area contributed by atoms with Crippen molar-refractivity contribution in [3.8, 4) is 5.75 Å². The molecule has 138 valence electrons. The summed E-state index contributed by atoms with van der Waals surface area (Å²) < 4.78 is 18.6. The first-order chi connectivity index (χ1) is 12.4. The van der Waals surface area contributed by atoms with Gasteiger partial charge >= 0.3 is 0 Å². The molecule has 0 radical (unpaired) electrons. The molecule has 2 rings (SSSR count). The van der Waals surface area contributed by atoms with E-state index >= 15 is 0 Å². The van der Waals surface area contributed by atoms with Gasteiger partial charge in [0.05, 0.1) is 12.5 Å². The van der Waals surface area contributed by atoms with Gasteiger partial charge in [0.1, 0.15) is 11.6 Å². The molecule has 26 heavy (non-hydrogen) atoms. The molecule has 0 aliphatic heterocycles. The molecular weight excluding hydrogens is 353 g/mol. The summed E-state index contributed by atoms with van der Waals surface area (Å²) in [7, 11) is 1.62. The van der Waals surface area contributed by atoms with Crippen molar-refractivity contribution in [1.82, 2.24) is 0 Å². The maximum Gasteiger partial charge on any atom is 0.234 e. The molecule has 0 bridgehead atoms. The lowest BCUT2D eigenvalue weighted by Gasteiger charge is -2.30. The third-order valence-electron chi connectivity index (χ3n) is 4.02. The van der Waals surface area contributed by atoms with E-state index in [1.54, 1.807) is 38.0 Å². The second kappa shape index (κ2) is 8.86. The van der Waals surface area contributed by atoms with Crippen LogP contribution >= 0.6 is 11.6 Å². The van der Waals surface area contributed by atoms with Gasteiger partial charge < -0.3 is 9.64 Å². The molecular formula is C21H23ClFNO2. The van der Waals surface area contributed by atoms with E-state index in [2.05, 4.69) is 0 Å². The van der Waals surface area contributed by atoms with Gasteiger partial charge in [-0.3, -0.25) is 4.79 Å². The van der Waals surface area contributed by atoms with E-state index in [9.17, 15) is 9.18 Å². The van der Waals surface area contributed by atoms with Crippen molar-refractivity contribution in [1.29, 1.82) is 0 Å². The second-order valence-corrected chi connectivity index (χ2v) is 6.82. The quantitative estimate of drug-likeness (QED) is 0.626. The Kier molecular flexibility index (Phi) is 6.81. The number of halogens is 2. The summed E-state index contributed by atoms with van der Waals surface area (Å²) >= 11 is 5.97. The van der Waals surface area contributed by atoms with Crippen LogP contribution in [0, 0.1) is 11.2 Å². The molecule has 0 atom stereocenters. The molecule has 2 aromatic rings. The SMILES string of the molecule is COc1ccccc1/C=C/CN(C(=O)C(C)(C)CCl)c1ccc(F)cc1. The van der Waals surface area contributed by atoms with E-state index in [0.29, 0.717) is 12.2 Å². The summed E-state index contributed by atoms with van der Waals surface area (Å²) in [5.41, 5.74) is 0.811. The molecule has 0 aromatic heterocycles. The number of carbonyl (C=O) groups is 1. The van der Waals surface area contributed by atoms with E-state index in [0.717, 1.165) is 11.3 Å². The summed E-state index contributed by atoms with van der Waals surface area (Å²) in [6.45, 7) is 3.93. The van der Waals surface area contributed by atoms with Gasteiger partial charge in [0.25, 0.3) is 0 Å². The maximum absolute atomic E-state index is 13.3. The number of para-hydroxylation sites is 1. The van der Waals surface area contributed by atoms with Crippen molar-refractivity contribution in [3.05, 3.63) is 66.0 Å². The van der Waals surface area contributed by atoms with E-state index in [4.69, 9.17) is 16.3 Å². The number of hydrogen-bond acceptors (Lipinski definition) is 2. The minimum Gasteiger partial charge on any atom is -0.496 e. The van der Waals surface area contributed by atoms with Crippen LogP contribution in [0.25, 0.3) is 6.08 Å². The lowest BCUT2D eigenvalue weighted by molar-refractivity contribution is -0.125. The fourth-order valence-corrected chi connectivity index (χ4v) is 2.55. The minimum absolute atomic E-state index is 0.121. The van der Waals surface area contributed by atoms with Crippen LogP contribution in [0.15, 0.2) is 54.6 Å². The van der Waals surface area contributed by atoms with Gasteiger partial charge in [0.15, 0.2) is 0 Å². The highest BCUT2D eigenvalue weighted by Gasteiger charge is 2.31. The third-order valence-corrected chi connectivity index (χ3v) is 4.69. The van der Waals surface area contributed by atoms with Crippen LogP contribution in [0.2, 0.25) is 0 Å². The molecule has 3 nitrogen and oxygen atoms in total. The minimum atomic E-state index is -0.728. The highest BCUT2D eigenvalue weighted by atomic mass is 35.5. The van der Waals surface area contributed by atoms with Crippen LogP contribution in [0.1, 0.15) is 19.4 Å². The van der Waals surface area contributed by atoms with Crippen LogP contribution < -0.4 is 9.64 Å². The smallest absolute Gasteiger partial charge is 0.234 e. The second-order valence-electron chi connectivity index (χ2n) is 6.55. The average Bonchev–Trinajstić information content (AvgIpc) is 2.66. The van der Waals surface area contributed by atoms with Crippen molar-refractivity contribution in [2.24, 2.45) is 5.41 Å². The first kappa shape index (κ1) is 20.0. The first-order valence-corrected chi connectivity index (χ1v) is 8.85. The molecule has 0 aliphatic carbocycles. The molecule has 0 saturated carbocycles. The molecule has 1 amide bonds. The average molecular weight is 376 g/mol. The zero-order chi connectivity index (χ0) is 19.2. The molecule has 2 aromatic carbocycles. The summed E-state index contributed by atoms with van der Waals surface area (Å²) in [6, 6.07) is 13.5. The number of alkyl halides is 1. The van der Waals surface area contributed by atoms with E-state index in [1.807, 2.05) is 36.4 Å². The van der Waals surface area contributed by atoms with E-state index in [-0.39, 0.29) is 17.6 Å². The number of methoxy groups -OCH3 is 1. The summed E-state index contributed by atoms with van der Waals surface area (Å²) in [5.74, 6) is 0.482. The number of ether oxygens (including phenoxy) is 1. The third kappa shape index (κ3) is 4.85. The number of rotatable bonds is 7. The van der Waals surface area contributed by atoms with Crippen molar-refractivity contribution < 1.29 is 13.9 Å². The van der Waals surface area contributed by atoms with Gasteiger partial charge in [-0.2, -0.15) is 0 Å². The Labute approximate surface area is 159 Å². The van der Waals surface area contributed by atoms with Crippen molar-refractivity contribution in [3.63, 3.8) is 0 Å².